The smallest absolute Gasteiger partial charge is 0.200 e. The molecule has 1 atom stereocenters. The number of ketones is 1. The van der Waals surface area contributed by atoms with Crippen LogP contribution < -0.4 is 9.47 Å². The third-order valence-corrected chi connectivity index (χ3v) is 7.44. The Balaban J connectivity index is 0.000000194. The number of aliphatic hydroxyl groups is 3. The first-order chi connectivity index (χ1) is 23.5. The highest BCUT2D eigenvalue weighted by atomic mass is 19.1. The third kappa shape index (κ3) is 7.89. The maximum absolute atomic E-state index is 14.2. The van der Waals surface area contributed by atoms with Crippen LogP contribution in [0, 0.1) is 23.3 Å². The molecule has 6 aromatic rings. The van der Waals surface area contributed by atoms with Crippen LogP contribution in [0.4, 0.5) is 17.6 Å². The van der Waals surface area contributed by atoms with Crippen molar-refractivity contribution in [1.82, 2.24) is 9.97 Å². The fourth-order valence-corrected chi connectivity index (χ4v) is 4.91. The van der Waals surface area contributed by atoms with Crippen molar-refractivity contribution in [3.05, 3.63) is 132 Å². The standard InChI is InChI=1S/C19H17F2NO3.C19H15F2NO3/c2*1-19(2,24)18(23)16-13(20)6-4-8-15(16)25-12-9-11-5-3-7-14(21)17(11)22-10-12/h3-10,18,23-24H,1-2H3;3-10,24H,1-2H3. The van der Waals surface area contributed by atoms with E-state index in [2.05, 4.69) is 9.97 Å². The lowest BCUT2D eigenvalue weighted by Gasteiger charge is -2.26. The average Bonchev–Trinajstić information content (AvgIpc) is 3.04. The highest BCUT2D eigenvalue weighted by Gasteiger charge is 2.32. The van der Waals surface area contributed by atoms with E-state index < -0.39 is 46.4 Å². The quantitative estimate of drug-likeness (QED) is 0.108. The number of carbonyl (C=O) groups excluding carboxylic acids is 1. The zero-order valence-electron chi connectivity index (χ0n) is 27.3. The second-order valence-corrected chi connectivity index (χ2v) is 12.4. The Bertz CT molecular complexity index is 2200. The molecule has 0 radical (unpaired) electrons. The summed E-state index contributed by atoms with van der Waals surface area (Å²) in [5.41, 5.74) is -3.45. The fraction of sp³-hybridized carbons (Fsp3) is 0.184. The van der Waals surface area contributed by atoms with Gasteiger partial charge >= 0.3 is 0 Å². The highest BCUT2D eigenvalue weighted by molar-refractivity contribution is 6.04. The predicted octanol–water partition coefficient (Wildman–Crippen LogP) is 8.37. The van der Waals surface area contributed by atoms with E-state index in [1.807, 2.05) is 0 Å². The van der Waals surface area contributed by atoms with Crippen LogP contribution in [-0.2, 0) is 0 Å². The molecule has 12 heteroatoms. The van der Waals surface area contributed by atoms with Crippen LogP contribution in [-0.4, -0.2) is 42.3 Å². The first-order valence-corrected chi connectivity index (χ1v) is 15.2. The van der Waals surface area contributed by atoms with Crippen molar-refractivity contribution >= 4 is 27.6 Å². The Morgan fingerprint density at radius 2 is 1.10 bits per heavy atom. The van der Waals surface area contributed by atoms with Crippen molar-refractivity contribution in [3.8, 4) is 23.0 Å². The molecule has 0 aliphatic carbocycles. The highest BCUT2D eigenvalue weighted by Crippen LogP contribution is 2.37. The molecule has 0 bridgehead atoms. The fourth-order valence-electron chi connectivity index (χ4n) is 4.91. The molecule has 258 valence electrons. The van der Waals surface area contributed by atoms with Crippen molar-refractivity contribution in [2.24, 2.45) is 0 Å². The van der Waals surface area contributed by atoms with E-state index in [0.717, 1.165) is 6.07 Å². The van der Waals surface area contributed by atoms with Crippen LogP contribution in [0.5, 0.6) is 23.0 Å². The number of ether oxygens (including phenoxy) is 2. The molecule has 0 fully saturated rings. The Labute approximate surface area is 284 Å². The van der Waals surface area contributed by atoms with Gasteiger partial charge in [-0.2, -0.15) is 0 Å². The maximum atomic E-state index is 14.2. The van der Waals surface area contributed by atoms with Crippen molar-refractivity contribution in [2.45, 2.75) is 45.0 Å². The maximum Gasteiger partial charge on any atom is 0.200 e. The van der Waals surface area contributed by atoms with Gasteiger partial charge in [0.1, 0.15) is 69.0 Å². The first kappa shape index (κ1) is 35.9. The number of aromatic nitrogens is 2. The predicted molar refractivity (Wildman–Crippen MR) is 178 cm³/mol. The van der Waals surface area contributed by atoms with Gasteiger partial charge in [-0.05, 0) is 76.2 Å². The van der Waals surface area contributed by atoms with Crippen LogP contribution in [0.25, 0.3) is 21.8 Å². The zero-order valence-corrected chi connectivity index (χ0v) is 27.3. The van der Waals surface area contributed by atoms with Crippen LogP contribution in [0.2, 0.25) is 0 Å². The van der Waals surface area contributed by atoms with Gasteiger partial charge in [-0.25, -0.2) is 27.5 Å². The van der Waals surface area contributed by atoms with Crippen molar-refractivity contribution in [3.63, 3.8) is 0 Å². The summed E-state index contributed by atoms with van der Waals surface area (Å²) in [6.45, 7) is 5.28. The van der Waals surface area contributed by atoms with Crippen LogP contribution in [0.3, 0.4) is 0 Å². The summed E-state index contributed by atoms with van der Waals surface area (Å²) < 4.78 is 67.0. The number of benzene rings is 4. The summed E-state index contributed by atoms with van der Waals surface area (Å²) in [6, 6.07) is 20.1. The molecule has 0 aliphatic heterocycles. The van der Waals surface area contributed by atoms with E-state index in [-0.39, 0.29) is 45.2 Å². The topological polar surface area (TPSA) is 122 Å². The van der Waals surface area contributed by atoms with E-state index in [1.54, 1.807) is 24.3 Å². The number of rotatable bonds is 8. The van der Waals surface area contributed by atoms with Gasteiger partial charge in [-0.3, -0.25) is 4.79 Å². The number of Topliss-reactive ketones (excluding diaryl/α,β-unsaturated/α-hetero) is 1. The molecule has 0 saturated heterocycles. The molecule has 0 aliphatic rings. The van der Waals surface area contributed by atoms with Crippen molar-refractivity contribution in [1.29, 1.82) is 0 Å². The third-order valence-electron chi connectivity index (χ3n) is 7.44. The van der Waals surface area contributed by atoms with Gasteiger partial charge in [0.2, 0.25) is 0 Å². The summed E-state index contributed by atoms with van der Waals surface area (Å²) in [5, 5.41) is 31.2. The molecule has 1 unspecified atom stereocenters. The number of pyridine rings is 2. The zero-order chi connectivity index (χ0) is 36.4. The first-order valence-electron chi connectivity index (χ1n) is 15.2. The Hall–Kier alpha value is -5.43. The van der Waals surface area contributed by atoms with E-state index in [0.29, 0.717) is 10.8 Å². The van der Waals surface area contributed by atoms with Gasteiger partial charge in [0, 0.05) is 10.8 Å². The minimum Gasteiger partial charge on any atom is -0.455 e. The minimum atomic E-state index is -1.76. The van der Waals surface area contributed by atoms with Gasteiger partial charge < -0.3 is 24.8 Å². The lowest BCUT2D eigenvalue weighted by atomic mass is 9.94. The number of nitrogens with zero attached hydrogens (tertiary/aromatic N) is 2. The molecular weight excluding hydrogens is 656 g/mol. The average molecular weight is 689 g/mol. The molecule has 0 spiro atoms. The van der Waals surface area contributed by atoms with E-state index >= 15 is 0 Å². The molecule has 50 heavy (non-hydrogen) atoms. The summed E-state index contributed by atoms with van der Waals surface area (Å²) in [6.07, 6.45) is 1.11. The number of carbonyl (C=O) groups is 1. The van der Waals surface area contributed by atoms with Crippen LogP contribution in [0.1, 0.15) is 49.7 Å². The van der Waals surface area contributed by atoms with E-state index in [1.165, 1.54) is 94.7 Å². The number of aliphatic hydroxyl groups excluding tert-OH is 1. The molecule has 4 aromatic carbocycles. The summed E-state index contributed by atoms with van der Waals surface area (Å²) in [5.74, 6) is -2.75. The van der Waals surface area contributed by atoms with Crippen molar-refractivity contribution in [2.75, 3.05) is 0 Å². The minimum absolute atomic E-state index is 0.0483. The summed E-state index contributed by atoms with van der Waals surface area (Å²) in [4.78, 5) is 20.3. The number of hydrogen-bond acceptors (Lipinski definition) is 8. The van der Waals surface area contributed by atoms with E-state index in [4.69, 9.17) is 9.47 Å². The normalized spacial score (nSPS) is 12.3. The molecule has 6 rings (SSSR count). The number of hydrogen-bond donors (Lipinski definition) is 3. The summed E-state index contributed by atoms with van der Waals surface area (Å²) >= 11 is 0. The summed E-state index contributed by atoms with van der Waals surface area (Å²) in [7, 11) is 0. The van der Waals surface area contributed by atoms with Gasteiger partial charge in [0.15, 0.2) is 5.78 Å². The number of para-hydroxylation sites is 2. The number of fused-ring (bicyclic) bond motifs is 2. The number of halogens is 4. The SMILES string of the molecule is CC(C)(O)C(=O)c1c(F)cccc1Oc1cnc2c(F)cccc2c1.CC(C)(O)C(O)c1c(F)cccc1Oc1cnc2c(F)cccc2c1. The second-order valence-electron chi connectivity index (χ2n) is 12.4. The Kier molecular flexibility index (Phi) is 10.2. The Morgan fingerprint density at radius 1 is 0.660 bits per heavy atom. The van der Waals surface area contributed by atoms with Gasteiger partial charge in [0.25, 0.3) is 0 Å². The molecule has 0 saturated carbocycles. The molecule has 2 aromatic heterocycles. The monoisotopic (exact) mass is 688 g/mol. The van der Waals surface area contributed by atoms with Crippen LogP contribution in [0.15, 0.2) is 97.3 Å². The van der Waals surface area contributed by atoms with Crippen LogP contribution >= 0.6 is 0 Å². The van der Waals surface area contributed by atoms with Gasteiger partial charge in [-0.1, -0.05) is 36.4 Å². The molecular formula is C38H32F4N2O6. The molecule has 8 nitrogen and oxygen atoms in total. The molecule has 2 heterocycles. The lowest BCUT2D eigenvalue weighted by molar-refractivity contribution is -0.0520. The van der Waals surface area contributed by atoms with Gasteiger partial charge in [-0.15, -0.1) is 0 Å². The van der Waals surface area contributed by atoms with Gasteiger partial charge in [0.05, 0.1) is 29.1 Å². The lowest BCUT2D eigenvalue weighted by Crippen LogP contribution is -2.32. The molecule has 3 N–H and O–H groups in total. The van der Waals surface area contributed by atoms with E-state index in [9.17, 15) is 37.7 Å². The van der Waals surface area contributed by atoms with Crippen molar-refractivity contribution < 1.29 is 47.1 Å². The largest absolute Gasteiger partial charge is 0.455 e. The molecule has 0 amide bonds. The Morgan fingerprint density at radius 3 is 1.60 bits per heavy atom. The second kappa shape index (κ2) is 14.2.